The molecule has 0 radical (unpaired) electrons. The number of nitrogens with zero attached hydrogens (tertiary/aromatic N) is 1. The number of aryl methyl sites for hydroxylation is 1. The van der Waals surface area contributed by atoms with Crippen LogP contribution >= 0.6 is 0 Å². The van der Waals surface area contributed by atoms with E-state index in [-0.39, 0.29) is 16.2 Å². The molecule has 0 aliphatic heterocycles. The van der Waals surface area contributed by atoms with E-state index in [1.165, 1.54) is 30.5 Å². The van der Waals surface area contributed by atoms with Crippen LogP contribution in [-0.2, 0) is 11.8 Å². The van der Waals surface area contributed by atoms with Crippen molar-refractivity contribution in [2.24, 2.45) is 10.8 Å². The van der Waals surface area contributed by atoms with Crippen molar-refractivity contribution in [3.05, 3.63) is 29.6 Å². The molecule has 0 N–H and O–H groups in total. The fourth-order valence-corrected chi connectivity index (χ4v) is 4.27. The van der Waals surface area contributed by atoms with Crippen molar-refractivity contribution in [1.82, 2.24) is 4.98 Å². The molecule has 0 amide bonds. The molecular formula is C17H27N. The van der Waals surface area contributed by atoms with Gasteiger partial charge in [-0.2, -0.15) is 0 Å². The minimum atomic E-state index is 0.175. The molecule has 0 atom stereocenters. The van der Waals surface area contributed by atoms with Gasteiger partial charge in [-0.05, 0) is 41.7 Å². The average molecular weight is 245 g/mol. The number of rotatable bonds is 0. The molecular weight excluding hydrogens is 218 g/mol. The van der Waals surface area contributed by atoms with E-state index in [9.17, 15) is 0 Å². The van der Waals surface area contributed by atoms with E-state index in [0.717, 1.165) is 0 Å². The van der Waals surface area contributed by atoms with E-state index >= 15 is 0 Å². The molecule has 0 spiro atoms. The van der Waals surface area contributed by atoms with Crippen LogP contribution < -0.4 is 0 Å². The van der Waals surface area contributed by atoms with Gasteiger partial charge >= 0.3 is 0 Å². The maximum atomic E-state index is 4.81. The Hall–Kier alpha value is -0.850. The lowest BCUT2D eigenvalue weighted by atomic mass is 9.48. The van der Waals surface area contributed by atoms with Crippen LogP contribution in [0.5, 0.6) is 0 Å². The van der Waals surface area contributed by atoms with Gasteiger partial charge in [0.1, 0.15) is 0 Å². The number of hydrogen-bond acceptors (Lipinski definition) is 1. The van der Waals surface area contributed by atoms with Crippen LogP contribution in [0.3, 0.4) is 0 Å². The van der Waals surface area contributed by atoms with Crippen LogP contribution in [0.1, 0.15) is 65.6 Å². The van der Waals surface area contributed by atoms with Crippen LogP contribution in [0, 0.1) is 10.8 Å². The van der Waals surface area contributed by atoms with Crippen LogP contribution in [0.4, 0.5) is 0 Å². The minimum Gasteiger partial charge on any atom is -0.260 e. The van der Waals surface area contributed by atoms with Gasteiger partial charge in [0.15, 0.2) is 0 Å². The first kappa shape index (κ1) is 13.6. The summed E-state index contributed by atoms with van der Waals surface area (Å²) in [6.07, 6.45) is 5.70. The lowest BCUT2D eigenvalue weighted by Gasteiger charge is -2.55. The summed E-state index contributed by atoms with van der Waals surface area (Å²) in [6.45, 7) is 14.3. The van der Waals surface area contributed by atoms with E-state index in [4.69, 9.17) is 4.98 Å². The molecule has 0 aromatic carbocycles. The quantitative estimate of drug-likeness (QED) is 0.643. The molecule has 2 rings (SSSR count). The Morgan fingerprint density at radius 1 is 1.06 bits per heavy atom. The van der Waals surface area contributed by atoms with Gasteiger partial charge in [0.2, 0.25) is 0 Å². The topological polar surface area (TPSA) is 12.9 Å². The summed E-state index contributed by atoms with van der Waals surface area (Å²) in [5.41, 5.74) is 3.46. The van der Waals surface area contributed by atoms with E-state index in [1.807, 2.05) is 6.20 Å². The maximum Gasteiger partial charge on any atom is 0.0507 e. The summed E-state index contributed by atoms with van der Waals surface area (Å²) in [5.74, 6) is 0. The predicted octanol–water partition coefficient (Wildman–Crippen LogP) is 4.75. The zero-order valence-corrected chi connectivity index (χ0v) is 12.8. The molecule has 1 aliphatic rings. The van der Waals surface area contributed by atoms with Gasteiger partial charge in [-0.3, -0.25) is 4.98 Å². The second-order valence-electron chi connectivity index (χ2n) is 7.77. The molecule has 1 aromatic heterocycles. The summed E-state index contributed by atoms with van der Waals surface area (Å²) in [4.78, 5) is 4.81. The SMILES string of the molecule is CC(C)(C)C1(C(C)(C)C)CCCc2cccnc21. The fraction of sp³-hybridized carbons (Fsp3) is 0.706. The van der Waals surface area contributed by atoms with Crippen LogP contribution in [0.15, 0.2) is 18.3 Å². The number of fused-ring (bicyclic) bond motifs is 1. The van der Waals surface area contributed by atoms with E-state index in [0.29, 0.717) is 0 Å². The van der Waals surface area contributed by atoms with Crippen LogP contribution in [-0.4, -0.2) is 4.98 Å². The van der Waals surface area contributed by atoms with Gasteiger partial charge in [-0.1, -0.05) is 47.6 Å². The summed E-state index contributed by atoms with van der Waals surface area (Å²) in [7, 11) is 0. The minimum absolute atomic E-state index is 0.175. The predicted molar refractivity (Wildman–Crippen MR) is 77.8 cm³/mol. The number of hydrogen-bond donors (Lipinski definition) is 0. The highest BCUT2D eigenvalue weighted by molar-refractivity contribution is 5.35. The lowest BCUT2D eigenvalue weighted by Crippen LogP contribution is -2.52. The molecule has 100 valence electrons. The summed E-state index contributed by atoms with van der Waals surface area (Å²) in [6, 6.07) is 4.36. The molecule has 0 bridgehead atoms. The number of pyridine rings is 1. The van der Waals surface area contributed by atoms with Gasteiger partial charge in [0.25, 0.3) is 0 Å². The Balaban J connectivity index is 2.72. The van der Waals surface area contributed by atoms with E-state index < -0.39 is 0 Å². The standard InChI is InChI=1S/C17H27N/c1-15(2,3)17(16(4,5)6)11-7-9-13-10-8-12-18-14(13)17/h8,10,12H,7,9,11H2,1-6H3. The van der Waals surface area contributed by atoms with Gasteiger partial charge in [-0.25, -0.2) is 0 Å². The van der Waals surface area contributed by atoms with Crippen molar-refractivity contribution in [2.75, 3.05) is 0 Å². The summed E-state index contributed by atoms with van der Waals surface area (Å²) >= 11 is 0. The molecule has 1 nitrogen and oxygen atoms in total. The zero-order valence-electron chi connectivity index (χ0n) is 12.8. The van der Waals surface area contributed by atoms with Gasteiger partial charge in [-0.15, -0.1) is 0 Å². The molecule has 1 heterocycles. The van der Waals surface area contributed by atoms with Crippen molar-refractivity contribution < 1.29 is 0 Å². The number of aromatic nitrogens is 1. The zero-order chi connectivity index (χ0) is 13.6. The molecule has 1 aromatic rings. The van der Waals surface area contributed by atoms with Crippen molar-refractivity contribution in [3.8, 4) is 0 Å². The first-order valence-corrected chi connectivity index (χ1v) is 7.14. The highest BCUT2D eigenvalue weighted by Gasteiger charge is 2.54. The molecule has 0 saturated carbocycles. The third kappa shape index (κ3) is 1.79. The summed E-state index contributed by atoms with van der Waals surface area (Å²) in [5, 5.41) is 0. The first-order chi connectivity index (χ1) is 8.20. The van der Waals surface area contributed by atoms with Crippen molar-refractivity contribution in [2.45, 2.75) is 66.2 Å². The monoisotopic (exact) mass is 245 g/mol. The molecule has 0 saturated heterocycles. The van der Waals surface area contributed by atoms with Crippen molar-refractivity contribution >= 4 is 0 Å². The lowest BCUT2D eigenvalue weighted by molar-refractivity contribution is 0.0297. The fourth-order valence-electron chi connectivity index (χ4n) is 4.27. The Labute approximate surface area is 112 Å². The van der Waals surface area contributed by atoms with Crippen LogP contribution in [0.25, 0.3) is 0 Å². The van der Waals surface area contributed by atoms with Crippen molar-refractivity contribution in [3.63, 3.8) is 0 Å². The maximum absolute atomic E-state index is 4.81. The second kappa shape index (κ2) is 4.08. The third-order valence-corrected chi connectivity index (χ3v) is 4.85. The second-order valence-corrected chi connectivity index (χ2v) is 7.77. The Kier molecular flexibility index (Phi) is 3.08. The van der Waals surface area contributed by atoms with Gasteiger partial charge < -0.3 is 0 Å². The highest BCUT2D eigenvalue weighted by Crippen LogP contribution is 2.57. The van der Waals surface area contributed by atoms with Crippen LogP contribution in [0.2, 0.25) is 0 Å². The Bertz CT molecular complexity index is 418. The summed E-state index contributed by atoms with van der Waals surface area (Å²) < 4.78 is 0. The normalized spacial score (nSPS) is 19.4. The van der Waals surface area contributed by atoms with E-state index in [2.05, 4.69) is 53.7 Å². The smallest absolute Gasteiger partial charge is 0.0507 e. The molecule has 1 aliphatic carbocycles. The Morgan fingerprint density at radius 2 is 1.67 bits per heavy atom. The molecule has 1 heteroatoms. The van der Waals surface area contributed by atoms with Crippen molar-refractivity contribution in [1.29, 1.82) is 0 Å². The Morgan fingerprint density at radius 3 is 2.22 bits per heavy atom. The molecule has 18 heavy (non-hydrogen) atoms. The average Bonchev–Trinajstić information content (AvgIpc) is 2.25. The van der Waals surface area contributed by atoms with Gasteiger partial charge in [0, 0.05) is 11.6 Å². The largest absolute Gasteiger partial charge is 0.260 e. The highest BCUT2D eigenvalue weighted by atomic mass is 14.8. The van der Waals surface area contributed by atoms with E-state index in [1.54, 1.807) is 0 Å². The first-order valence-electron chi connectivity index (χ1n) is 7.14. The molecule has 0 fully saturated rings. The molecule has 0 unspecified atom stereocenters. The van der Waals surface area contributed by atoms with Gasteiger partial charge in [0.05, 0.1) is 5.69 Å². The third-order valence-electron chi connectivity index (χ3n) is 4.85.